The second kappa shape index (κ2) is 5.60. The van der Waals surface area contributed by atoms with Gasteiger partial charge in [-0.3, -0.25) is 10.2 Å². The number of rotatable bonds is 2. The van der Waals surface area contributed by atoms with Gasteiger partial charge in [0.1, 0.15) is 11.6 Å². The molecule has 1 aliphatic rings. The van der Waals surface area contributed by atoms with E-state index in [-0.39, 0.29) is 17.5 Å². The van der Waals surface area contributed by atoms with Crippen LogP contribution in [0.4, 0.5) is 8.78 Å². The molecule has 5 heteroatoms. The molecule has 2 aromatic rings. The molecule has 0 bridgehead atoms. The van der Waals surface area contributed by atoms with Gasteiger partial charge in [-0.05, 0) is 53.6 Å². The van der Waals surface area contributed by atoms with Crippen molar-refractivity contribution in [1.82, 2.24) is 10.4 Å². The van der Waals surface area contributed by atoms with Crippen LogP contribution in [0.15, 0.2) is 54.6 Å². The van der Waals surface area contributed by atoms with Gasteiger partial charge in [-0.1, -0.05) is 12.1 Å². The van der Waals surface area contributed by atoms with Gasteiger partial charge in [0.05, 0.1) is 11.7 Å². The molecule has 0 saturated carbocycles. The highest BCUT2D eigenvalue weighted by Crippen LogP contribution is 2.31. The molecule has 2 aromatic carbocycles. The second-order valence-electron chi connectivity index (χ2n) is 5.09. The molecule has 0 saturated heterocycles. The van der Waals surface area contributed by atoms with E-state index in [1.807, 2.05) is 6.08 Å². The van der Waals surface area contributed by atoms with E-state index in [1.165, 1.54) is 36.2 Å². The molecule has 1 heterocycles. The lowest BCUT2D eigenvalue weighted by Crippen LogP contribution is -2.37. The van der Waals surface area contributed by atoms with Crippen molar-refractivity contribution in [3.8, 4) is 0 Å². The van der Waals surface area contributed by atoms with Crippen molar-refractivity contribution in [2.24, 2.45) is 0 Å². The molecule has 0 radical (unpaired) electrons. The van der Waals surface area contributed by atoms with Gasteiger partial charge in [0.25, 0.3) is 0 Å². The first kappa shape index (κ1) is 14.3. The highest BCUT2D eigenvalue weighted by Gasteiger charge is 2.28. The number of hydrazine groups is 1. The lowest BCUT2D eigenvalue weighted by molar-refractivity contribution is -0.132. The SMILES string of the molecule is CC(=O)N1NC(c2ccc(F)cc2)=C[C@@H]1c1cccc(F)c1. The molecule has 0 fully saturated rings. The fraction of sp³-hybridized carbons (Fsp3) is 0.118. The average Bonchev–Trinajstić information content (AvgIpc) is 2.93. The standard InChI is InChI=1S/C17H14F2N2O/c1-11(22)21-17(13-3-2-4-15(19)9-13)10-16(20-21)12-5-7-14(18)8-6-12/h2-10,17,20H,1H3/t17-/m1/s1. The molecule has 1 aliphatic heterocycles. The van der Waals surface area contributed by atoms with Crippen LogP contribution in [-0.4, -0.2) is 10.9 Å². The zero-order chi connectivity index (χ0) is 15.7. The van der Waals surface area contributed by atoms with Gasteiger partial charge in [-0.2, -0.15) is 0 Å². The predicted molar refractivity (Wildman–Crippen MR) is 79.2 cm³/mol. The van der Waals surface area contributed by atoms with Crippen molar-refractivity contribution in [3.05, 3.63) is 77.4 Å². The van der Waals surface area contributed by atoms with Crippen LogP contribution in [-0.2, 0) is 4.79 Å². The number of nitrogens with one attached hydrogen (secondary N) is 1. The Bertz CT molecular complexity index is 741. The van der Waals surface area contributed by atoms with E-state index in [0.29, 0.717) is 11.3 Å². The Morgan fingerprint density at radius 3 is 2.45 bits per heavy atom. The van der Waals surface area contributed by atoms with E-state index in [2.05, 4.69) is 5.43 Å². The smallest absolute Gasteiger partial charge is 0.238 e. The Labute approximate surface area is 126 Å². The maximum Gasteiger partial charge on any atom is 0.238 e. The van der Waals surface area contributed by atoms with Crippen LogP contribution in [0.25, 0.3) is 5.70 Å². The predicted octanol–water partition coefficient (Wildman–Crippen LogP) is 3.41. The third kappa shape index (κ3) is 2.70. The lowest BCUT2D eigenvalue weighted by Gasteiger charge is -2.24. The van der Waals surface area contributed by atoms with Crippen LogP contribution in [0.3, 0.4) is 0 Å². The summed E-state index contributed by atoms with van der Waals surface area (Å²) in [5.41, 5.74) is 5.10. The third-order valence-electron chi connectivity index (χ3n) is 3.53. The van der Waals surface area contributed by atoms with E-state index in [4.69, 9.17) is 0 Å². The molecule has 0 aromatic heterocycles. The summed E-state index contributed by atoms with van der Waals surface area (Å²) in [7, 11) is 0. The van der Waals surface area contributed by atoms with Gasteiger partial charge in [0.15, 0.2) is 0 Å². The molecule has 1 atom stereocenters. The molecule has 1 amide bonds. The van der Waals surface area contributed by atoms with Crippen LogP contribution in [0.2, 0.25) is 0 Å². The summed E-state index contributed by atoms with van der Waals surface area (Å²) in [6.45, 7) is 1.43. The van der Waals surface area contributed by atoms with Crippen molar-refractivity contribution in [1.29, 1.82) is 0 Å². The normalized spacial score (nSPS) is 17.1. The van der Waals surface area contributed by atoms with Gasteiger partial charge in [0.2, 0.25) is 5.91 Å². The largest absolute Gasteiger partial charge is 0.295 e. The quantitative estimate of drug-likeness (QED) is 0.921. The molecule has 3 rings (SSSR count). The fourth-order valence-corrected chi connectivity index (χ4v) is 2.47. The zero-order valence-corrected chi connectivity index (χ0v) is 11.9. The summed E-state index contributed by atoms with van der Waals surface area (Å²) >= 11 is 0. The number of hydrogen-bond acceptors (Lipinski definition) is 2. The molecule has 1 N–H and O–H groups in total. The van der Waals surface area contributed by atoms with E-state index >= 15 is 0 Å². The fourth-order valence-electron chi connectivity index (χ4n) is 2.47. The highest BCUT2D eigenvalue weighted by molar-refractivity contribution is 5.79. The van der Waals surface area contributed by atoms with Crippen molar-refractivity contribution in [2.75, 3.05) is 0 Å². The Morgan fingerprint density at radius 1 is 1.09 bits per heavy atom. The van der Waals surface area contributed by atoms with E-state index in [0.717, 1.165) is 5.56 Å². The van der Waals surface area contributed by atoms with E-state index in [9.17, 15) is 13.6 Å². The van der Waals surface area contributed by atoms with Crippen LogP contribution in [0, 0.1) is 11.6 Å². The molecular formula is C17H14F2N2O. The van der Waals surface area contributed by atoms with Gasteiger partial charge in [-0.25, -0.2) is 13.8 Å². The first-order valence-electron chi connectivity index (χ1n) is 6.84. The molecule has 0 spiro atoms. The van der Waals surface area contributed by atoms with Crippen LogP contribution in [0.5, 0.6) is 0 Å². The van der Waals surface area contributed by atoms with Crippen molar-refractivity contribution in [3.63, 3.8) is 0 Å². The van der Waals surface area contributed by atoms with E-state index in [1.54, 1.807) is 24.3 Å². The van der Waals surface area contributed by atoms with Gasteiger partial charge >= 0.3 is 0 Å². The minimum absolute atomic E-state index is 0.192. The van der Waals surface area contributed by atoms with Crippen molar-refractivity contribution < 1.29 is 13.6 Å². The summed E-state index contributed by atoms with van der Waals surface area (Å²) < 4.78 is 26.4. The Morgan fingerprint density at radius 2 is 1.82 bits per heavy atom. The first-order chi connectivity index (χ1) is 10.5. The van der Waals surface area contributed by atoms with Gasteiger partial charge < -0.3 is 0 Å². The number of carbonyl (C=O) groups excluding carboxylic acids is 1. The van der Waals surface area contributed by atoms with Crippen molar-refractivity contribution in [2.45, 2.75) is 13.0 Å². The minimum atomic E-state index is -0.409. The Balaban J connectivity index is 1.98. The molecule has 112 valence electrons. The topological polar surface area (TPSA) is 32.3 Å². The molecular weight excluding hydrogens is 286 g/mol. The lowest BCUT2D eigenvalue weighted by atomic mass is 10.0. The van der Waals surface area contributed by atoms with Gasteiger partial charge in [-0.15, -0.1) is 0 Å². The van der Waals surface area contributed by atoms with Crippen molar-refractivity contribution >= 4 is 11.6 Å². The number of amides is 1. The highest BCUT2D eigenvalue weighted by atomic mass is 19.1. The third-order valence-corrected chi connectivity index (χ3v) is 3.53. The van der Waals surface area contributed by atoms with Crippen LogP contribution < -0.4 is 5.43 Å². The molecule has 0 aliphatic carbocycles. The number of nitrogens with zero attached hydrogens (tertiary/aromatic N) is 1. The number of benzene rings is 2. The summed E-state index contributed by atoms with van der Waals surface area (Å²) in [4.78, 5) is 11.8. The molecule has 22 heavy (non-hydrogen) atoms. The van der Waals surface area contributed by atoms with Crippen LogP contribution >= 0.6 is 0 Å². The summed E-state index contributed by atoms with van der Waals surface area (Å²) in [5.74, 6) is -0.875. The van der Waals surface area contributed by atoms with Crippen LogP contribution in [0.1, 0.15) is 24.1 Å². The molecule has 0 unspecified atom stereocenters. The maximum absolute atomic E-state index is 13.4. The second-order valence-corrected chi connectivity index (χ2v) is 5.09. The van der Waals surface area contributed by atoms with Gasteiger partial charge in [0, 0.05) is 6.92 Å². The first-order valence-corrected chi connectivity index (χ1v) is 6.84. The summed E-state index contributed by atoms with van der Waals surface area (Å²) in [5, 5.41) is 1.42. The number of hydrogen-bond donors (Lipinski definition) is 1. The Hall–Kier alpha value is -2.69. The number of carbonyl (C=O) groups is 1. The van der Waals surface area contributed by atoms with E-state index < -0.39 is 6.04 Å². The molecule has 3 nitrogen and oxygen atoms in total. The average molecular weight is 300 g/mol. The summed E-state index contributed by atoms with van der Waals surface area (Å²) in [6, 6.07) is 11.7. The maximum atomic E-state index is 13.4. The minimum Gasteiger partial charge on any atom is -0.295 e. The Kier molecular flexibility index (Phi) is 3.63. The zero-order valence-electron chi connectivity index (χ0n) is 11.9. The monoisotopic (exact) mass is 300 g/mol. The number of halogens is 2. The summed E-state index contributed by atoms with van der Waals surface area (Å²) in [6.07, 6.45) is 1.82.